The largest absolute Gasteiger partial charge is 0.661 e. The number of aliphatic imine (C=N–C) groups is 2. The van der Waals surface area contributed by atoms with Crippen molar-refractivity contribution in [2.45, 2.75) is 0 Å². The van der Waals surface area contributed by atoms with Crippen LogP contribution in [0, 0.1) is 0 Å². The Hall–Kier alpha value is -3.54. The highest BCUT2D eigenvalue weighted by atomic mass is 15.0. The lowest BCUT2D eigenvalue weighted by molar-refractivity contribution is 1.17. The molecule has 0 fully saturated rings. The number of aromatic nitrogens is 2. The zero-order chi connectivity index (χ0) is 16.6. The Labute approximate surface area is 139 Å². The first-order valence-electron chi connectivity index (χ1n) is 7.32. The van der Waals surface area contributed by atoms with Gasteiger partial charge in [0, 0.05) is 12.4 Å². The van der Waals surface area contributed by atoms with Crippen LogP contribution in [-0.2, 0) is 0 Å². The lowest BCUT2D eigenvalue weighted by atomic mass is 10.3. The maximum Gasteiger partial charge on any atom is 0.151 e. The molecule has 2 N–H and O–H groups in total. The predicted molar refractivity (Wildman–Crippen MR) is 95.5 cm³/mol. The third-order valence-corrected chi connectivity index (χ3v) is 3.05. The Morgan fingerprint density at radius 1 is 1.04 bits per heavy atom. The summed E-state index contributed by atoms with van der Waals surface area (Å²) >= 11 is 0. The first-order valence-corrected chi connectivity index (χ1v) is 7.32. The molecule has 3 heterocycles. The van der Waals surface area contributed by atoms with Gasteiger partial charge in [-0.3, -0.25) is 9.97 Å². The summed E-state index contributed by atoms with van der Waals surface area (Å²) in [6, 6.07) is 11.0. The SMILES string of the molecule is N\C(=N/C(/N=C/c1ccccn1)=C1/C=CC=C[N-]1)c1ccccn1. The van der Waals surface area contributed by atoms with Crippen LogP contribution in [0.15, 0.2) is 94.7 Å². The molecule has 6 heteroatoms. The predicted octanol–water partition coefficient (Wildman–Crippen LogP) is 2.93. The number of hydrogen-bond acceptors (Lipinski definition) is 4. The van der Waals surface area contributed by atoms with E-state index in [1.807, 2.05) is 48.6 Å². The van der Waals surface area contributed by atoms with Crippen LogP contribution in [0.4, 0.5) is 0 Å². The Balaban J connectivity index is 1.96. The molecule has 0 bridgehead atoms. The second-order valence-corrected chi connectivity index (χ2v) is 4.76. The van der Waals surface area contributed by atoms with Crippen molar-refractivity contribution in [3.05, 3.63) is 101 Å². The molecule has 0 atom stereocenters. The van der Waals surface area contributed by atoms with Crippen LogP contribution in [0.25, 0.3) is 5.32 Å². The summed E-state index contributed by atoms with van der Waals surface area (Å²) in [5, 5.41) is 4.28. The van der Waals surface area contributed by atoms with Gasteiger partial charge in [0.2, 0.25) is 0 Å². The molecule has 24 heavy (non-hydrogen) atoms. The average molecular weight is 315 g/mol. The quantitative estimate of drug-likeness (QED) is 0.694. The van der Waals surface area contributed by atoms with Gasteiger partial charge in [0.25, 0.3) is 0 Å². The maximum absolute atomic E-state index is 6.05. The number of nitrogens with zero attached hydrogens (tertiary/aromatic N) is 5. The summed E-state index contributed by atoms with van der Waals surface area (Å²) in [7, 11) is 0. The van der Waals surface area contributed by atoms with Crippen molar-refractivity contribution in [1.29, 1.82) is 0 Å². The van der Waals surface area contributed by atoms with E-state index in [0.29, 0.717) is 17.2 Å². The van der Waals surface area contributed by atoms with Crippen molar-refractivity contribution in [3.63, 3.8) is 0 Å². The van der Waals surface area contributed by atoms with Gasteiger partial charge in [-0.2, -0.15) is 6.20 Å². The van der Waals surface area contributed by atoms with Crippen LogP contribution in [0.2, 0.25) is 0 Å². The lowest BCUT2D eigenvalue weighted by Gasteiger charge is -2.21. The molecule has 118 valence electrons. The van der Waals surface area contributed by atoms with Gasteiger partial charge in [-0.15, -0.1) is 0 Å². The van der Waals surface area contributed by atoms with Crippen LogP contribution in [0.5, 0.6) is 0 Å². The molecule has 0 saturated heterocycles. The fourth-order valence-corrected chi connectivity index (χ4v) is 1.91. The summed E-state index contributed by atoms with van der Waals surface area (Å²) in [5.41, 5.74) is 7.97. The minimum Gasteiger partial charge on any atom is -0.661 e. The standard InChI is InChI=1S/C18H15N6/c19-17(15-8-2-5-11-21-15)24-18(16-9-3-6-12-22-16)23-13-14-7-1-4-10-20-14/h1-13H,(H2,19,24)/q-1/b18-16-,23-13+. The Kier molecular flexibility index (Phi) is 4.89. The number of pyridine rings is 2. The molecule has 1 aliphatic rings. The van der Waals surface area contributed by atoms with Crippen molar-refractivity contribution >= 4 is 12.1 Å². The van der Waals surface area contributed by atoms with Crippen LogP contribution < -0.4 is 5.73 Å². The van der Waals surface area contributed by atoms with Gasteiger partial charge in [0.1, 0.15) is 11.5 Å². The van der Waals surface area contributed by atoms with Gasteiger partial charge in [-0.1, -0.05) is 36.1 Å². The Morgan fingerprint density at radius 3 is 2.54 bits per heavy atom. The summed E-state index contributed by atoms with van der Waals surface area (Å²) < 4.78 is 0. The lowest BCUT2D eigenvalue weighted by Crippen LogP contribution is -2.15. The molecular weight excluding hydrogens is 300 g/mol. The molecule has 3 rings (SSSR count). The van der Waals surface area contributed by atoms with Gasteiger partial charge in [-0.25, -0.2) is 9.98 Å². The van der Waals surface area contributed by atoms with Crippen molar-refractivity contribution in [2.75, 3.05) is 0 Å². The van der Waals surface area contributed by atoms with Crippen LogP contribution in [0.1, 0.15) is 11.4 Å². The van der Waals surface area contributed by atoms with E-state index in [9.17, 15) is 0 Å². The van der Waals surface area contributed by atoms with Gasteiger partial charge in [0.05, 0.1) is 11.9 Å². The zero-order valence-corrected chi connectivity index (χ0v) is 12.8. The number of amidine groups is 1. The van der Waals surface area contributed by atoms with Crippen molar-refractivity contribution < 1.29 is 0 Å². The average Bonchev–Trinajstić information content (AvgIpc) is 2.67. The van der Waals surface area contributed by atoms with Gasteiger partial charge >= 0.3 is 0 Å². The third-order valence-electron chi connectivity index (χ3n) is 3.05. The Morgan fingerprint density at radius 2 is 1.88 bits per heavy atom. The molecule has 0 aliphatic carbocycles. The van der Waals surface area contributed by atoms with Crippen LogP contribution in [0.3, 0.4) is 0 Å². The molecule has 0 aromatic carbocycles. The maximum atomic E-state index is 6.05. The van der Waals surface area contributed by atoms with E-state index in [2.05, 4.69) is 25.3 Å². The van der Waals surface area contributed by atoms with Gasteiger partial charge in [-0.05, 0) is 24.3 Å². The molecule has 2 aromatic heterocycles. The monoisotopic (exact) mass is 315 g/mol. The highest BCUT2D eigenvalue weighted by Crippen LogP contribution is 2.20. The molecular formula is C18H15N6-. The summed E-state index contributed by atoms with van der Waals surface area (Å²) in [6.45, 7) is 0. The van der Waals surface area contributed by atoms with E-state index in [1.165, 1.54) is 0 Å². The second kappa shape index (κ2) is 7.64. The van der Waals surface area contributed by atoms with Gasteiger partial charge in [0.15, 0.2) is 5.84 Å². The van der Waals surface area contributed by atoms with Crippen molar-refractivity contribution in [2.24, 2.45) is 15.7 Å². The number of allylic oxidation sites excluding steroid dienone is 3. The third kappa shape index (κ3) is 4.01. The second-order valence-electron chi connectivity index (χ2n) is 4.76. The molecule has 0 saturated carbocycles. The molecule has 1 aliphatic heterocycles. The molecule has 0 radical (unpaired) electrons. The minimum absolute atomic E-state index is 0.273. The fourth-order valence-electron chi connectivity index (χ4n) is 1.91. The summed E-state index contributed by atoms with van der Waals surface area (Å²) in [4.78, 5) is 17.2. The number of hydrogen-bond donors (Lipinski definition) is 1. The first-order chi connectivity index (χ1) is 11.8. The Bertz CT molecular complexity index is 832. The summed E-state index contributed by atoms with van der Waals surface area (Å²) in [6.07, 6.45) is 12.2. The zero-order valence-electron chi connectivity index (χ0n) is 12.8. The van der Waals surface area contributed by atoms with Gasteiger partial charge < -0.3 is 11.1 Å². The number of rotatable bonds is 4. The smallest absolute Gasteiger partial charge is 0.151 e. The van der Waals surface area contributed by atoms with E-state index in [-0.39, 0.29) is 5.84 Å². The van der Waals surface area contributed by atoms with Crippen LogP contribution in [-0.4, -0.2) is 22.0 Å². The molecule has 6 nitrogen and oxygen atoms in total. The highest BCUT2D eigenvalue weighted by Gasteiger charge is 2.02. The van der Waals surface area contributed by atoms with Crippen molar-refractivity contribution in [3.8, 4) is 0 Å². The summed E-state index contributed by atoms with van der Waals surface area (Å²) in [5.74, 6) is 0.666. The topological polar surface area (TPSA) is 90.6 Å². The van der Waals surface area contributed by atoms with E-state index in [4.69, 9.17) is 5.73 Å². The van der Waals surface area contributed by atoms with E-state index >= 15 is 0 Å². The van der Waals surface area contributed by atoms with E-state index in [1.54, 1.807) is 30.9 Å². The minimum atomic E-state index is 0.273. The van der Waals surface area contributed by atoms with E-state index in [0.717, 1.165) is 5.69 Å². The normalized spacial score (nSPS) is 16.2. The number of nitrogens with two attached hydrogens (primary N) is 1. The molecule has 0 spiro atoms. The van der Waals surface area contributed by atoms with E-state index < -0.39 is 0 Å². The highest BCUT2D eigenvalue weighted by molar-refractivity contribution is 5.96. The molecule has 0 amide bonds. The first kappa shape index (κ1) is 15.4. The molecule has 2 aromatic rings. The van der Waals surface area contributed by atoms with Crippen molar-refractivity contribution in [1.82, 2.24) is 9.97 Å². The van der Waals surface area contributed by atoms with Crippen LogP contribution >= 0.6 is 0 Å². The molecule has 0 unspecified atom stereocenters. The fraction of sp³-hybridized carbons (Fsp3) is 0.